The van der Waals surface area contributed by atoms with Gasteiger partial charge in [-0.2, -0.15) is 0 Å². The summed E-state index contributed by atoms with van der Waals surface area (Å²) in [4.78, 5) is 12.4. The highest BCUT2D eigenvalue weighted by Crippen LogP contribution is 2.24. The normalized spacial score (nSPS) is 22.4. The van der Waals surface area contributed by atoms with Gasteiger partial charge in [0.25, 0.3) is 5.91 Å². The molecule has 2 aromatic rings. The Bertz CT molecular complexity index is 639. The quantitative estimate of drug-likeness (QED) is 0.912. The molecule has 4 nitrogen and oxygen atoms in total. The second kappa shape index (κ2) is 5.90. The summed E-state index contributed by atoms with van der Waals surface area (Å²) in [6, 6.07) is 6.12. The van der Waals surface area contributed by atoms with E-state index in [2.05, 4.69) is 12.2 Å². The molecule has 4 heteroatoms. The molecule has 1 amide bonds. The summed E-state index contributed by atoms with van der Waals surface area (Å²) in [6.45, 7) is 2.09. The Morgan fingerprint density at radius 2 is 2.10 bits per heavy atom. The van der Waals surface area contributed by atoms with Crippen LogP contribution in [-0.2, 0) is 6.42 Å². The number of carbonyl (C=O) groups is 1. The van der Waals surface area contributed by atoms with Crippen LogP contribution in [0.15, 0.2) is 28.9 Å². The number of carbonyl (C=O) groups excluding carboxylic acids is 1. The topological polar surface area (TPSA) is 62.5 Å². The molecule has 0 aliphatic heterocycles. The fraction of sp³-hybridized carbons (Fsp3) is 0.471. The molecule has 1 aromatic heterocycles. The van der Waals surface area contributed by atoms with Crippen LogP contribution in [0, 0.1) is 0 Å². The van der Waals surface area contributed by atoms with Crippen LogP contribution < -0.4 is 5.32 Å². The van der Waals surface area contributed by atoms with Crippen molar-refractivity contribution < 1.29 is 14.3 Å². The van der Waals surface area contributed by atoms with Crippen molar-refractivity contribution in [2.45, 2.75) is 51.2 Å². The Morgan fingerprint density at radius 1 is 1.33 bits per heavy atom. The Balaban J connectivity index is 1.78. The lowest BCUT2D eigenvalue weighted by atomic mass is 9.93. The number of aliphatic hydroxyl groups excluding tert-OH is 1. The summed E-state index contributed by atoms with van der Waals surface area (Å²) in [5.41, 5.74) is 2.54. The smallest absolute Gasteiger partial charge is 0.255 e. The third-order valence-corrected chi connectivity index (χ3v) is 4.32. The van der Waals surface area contributed by atoms with E-state index in [1.807, 2.05) is 18.2 Å². The Hall–Kier alpha value is -1.81. The van der Waals surface area contributed by atoms with Crippen LogP contribution in [0.4, 0.5) is 0 Å². The summed E-state index contributed by atoms with van der Waals surface area (Å²) in [7, 11) is 0. The highest BCUT2D eigenvalue weighted by atomic mass is 16.3. The van der Waals surface area contributed by atoms with E-state index in [1.54, 1.807) is 0 Å². The molecule has 0 spiro atoms. The number of rotatable bonds is 3. The van der Waals surface area contributed by atoms with E-state index >= 15 is 0 Å². The van der Waals surface area contributed by atoms with Gasteiger partial charge in [-0.05, 0) is 49.8 Å². The molecule has 0 bridgehead atoms. The van der Waals surface area contributed by atoms with Gasteiger partial charge in [-0.15, -0.1) is 0 Å². The van der Waals surface area contributed by atoms with Gasteiger partial charge in [-0.25, -0.2) is 0 Å². The molecular weight excluding hydrogens is 266 g/mol. The number of aliphatic hydroxyl groups is 1. The molecule has 3 rings (SSSR count). The first-order valence-electron chi connectivity index (χ1n) is 7.66. The van der Waals surface area contributed by atoms with Gasteiger partial charge in [0.15, 0.2) is 0 Å². The molecule has 0 unspecified atom stereocenters. The maximum absolute atomic E-state index is 12.4. The average molecular weight is 287 g/mol. The van der Waals surface area contributed by atoms with Crippen molar-refractivity contribution >= 4 is 16.9 Å². The summed E-state index contributed by atoms with van der Waals surface area (Å²) >= 11 is 0. The molecule has 1 fully saturated rings. The van der Waals surface area contributed by atoms with Gasteiger partial charge in [0.1, 0.15) is 11.8 Å². The minimum Gasteiger partial charge on any atom is -0.463 e. The molecule has 1 aliphatic carbocycles. The molecule has 1 saturated carbocycles. The largest absolute Gasteiger partial charge is 0.463 e. The number of hydrogen-bond donors (Lipinski definition) is 2. The SMILES string of the molecule is CCc1ccc2occ(C(=O)NC3CCC(O)CC3)c2c1. The van der Waals surface area contributed by atoms with Crippen molar-refractivity contribution in [1.82, 2.24) is 5.32 Å². The van der Waals surface area contributed by atoms with Crippen LogP contribution in [0.2, 0.25) is 0 Å². The zero-order chi connectivity index (χ0) is 14.8. The van der Waals surface area contributed by atoms with Gasteiger partial charge in [0.2, 0.25) is 0 Å². The molecule has 0 atom stereocenters. The van der Waals surface area contributed by atoms with E-state index < -0.39 is 0 Å². The molecule has 21 heavy (non-hydrogen) atoms. The van der Waals surface area contributed by atoms with E-state index in [-0.39, 0.29) is 18.1 Å². The second-order valence-corrected chi connectivity index (χ2v) is 5.81. The first-order chi connectivity index (χ1) is 10.2. The van der Waals surface area contributed by atoms with Crippen LogP contribution in [0.3, 0.4) is 0 Å². The predicted molar refractivity (Wildman–Crippen MR) is 81.3 cm³/mol. The number of hydrogen-bond acceptors (Lipinski definition) is 3. The molecule has 112 valence electrons. The summed E-state index contributed by atoms with van der Waals surface area (Å²) < 4.78 is 5.48. The van der Waals surface area contributed by atoms with Crippen LogP contribution in [0.1, 0.15) is 48.5 Å². The number of aryl methyl sites for hydroxylation is 1. The van der Waals surface area contributed by atoms with Crippen LogP contribution in [-0.4, -0.2) is 23.2 Å². The summed E-state index contributed by atoms with van der Waals surface area (Å²) in [5.74, 6) is -0.0802. The minimum atomic E-state index is -0.208. The van der Waals surface area contributed by atoms with Crippen molar-refractivity contribution in [2.75, 3.05) is 0 Å². The highest BCUT2D eigenvalue weighted by Gasteiger charge is 2.22. The van der Waals surface area contributed by atoms with Gasteiger partial charge in [-0.3, -0.25) is 4.79 Å². The molecule has 2 N–H and O–H groups in total. The number of furan rings is 1. The maximum Gasteiger partial charge on any atom is 0.255 e. The third-order valence-electron chi connectivity index (χ3n) is 4.32. The third kappa shape index (κ3) is 2.95. The number of benzene rings is 1. The maximum atomic E-state index is 12.4. The Labute approximate surface area is 124 Å². The first kappa shape index (κ1) is 14.1. The molecule has 1 aliphatic rings. The van der Waals surface area contributed by atoms with Crippen molar-refractivity contribution in [2.24, 2.45) is 0 Å². The number of fused-ring (bicyclic) bond motifs is 1. The fourth-order valence-electron chi connectivity index (χ4n) is 2.96. The summed E-state index contributed by atoms with van der Waals surface area (Å²) in [5, 5.41) is 13.5. The van der Waals surface area contributed by atoms with E-state index in [0.717, 1.165) is 43.1 Å². The van der Waals surface area contributed by atoms with Gasteiger partial charge in [0, 0.05) is 11.4 Å². The second-order valence-electron chi connectivity index (χ2n) is 5.81. The van der Waals surface area contributed by atoms with Gasteiger partial charge >= 0.3 is 0 Å². The van der Waals surface area contributed by atoms with E-state index in [4.69, 9.17) is 4.42 Å². The van der Waals surface area contributed by atoms with Crippen LogP contribution in [0.5, 0.6) is 0 Å². The molecule has 1 heterocycles. The van der Waals surface area contributed by atoms with Crippen molar-refractivity contribution in [3.05, 3.63) is 35.6 Å². The zero-order valence-corrected chi connectivity index (χ0v) is 12.3. The summed E-state index contributed by atoms with van der Waals surface area (Å²) in [6.07, 6.45) is 5.46. The Morgan fingerprint density at radius 3 is 2.81 bits per heavy atom. The van der Waals surface area contributed by atoms with Gasteiger partial charge < -0.3 is 14.8 Å². The highest BCUT2D eigenvalue weighted by molar-refractivity contribution is 6.06. The standard InChI is InChI=1S/C17H21NO3/c1-2-11-3-8-16-14(9-11)15(10-21-16)17(20)18-12-4-6-13(19)7-5-12/h3,8-10,12-13,19H,2,4-7H2,1H3,(H,18,20). The number of nitrogens with one attached hydrogen (secondary N) is 1. The van der Waals surface area contributed by atoms with Gasteiger partial charge in [-0.1, -0.05) is 13.0 Å². The molecular formula is C17H21NO3. The van der Waals surface area contributed by atoms with Crippen molar-refractivity contribution in [3.8, 4) is 0 Å². The van der Waals surface area contributed by atoms with Crippen molar-refractivity contribution in [1.29, 1.82) is 0 Å². The Kier molecular flexibility index (Phi) is 3.97. The van der Waals surface area contributed by atoms with E-state index in [0.29, 0.717) is 5.56 Å². The molecule has 1 aromatic carbocycles. The zero-order valence-electron chi connectivity index (χ0n) is 12.3. The predicted octanol–water partition coefficient (Wildman–Crippen LogP) is 3.03. The first-order valence-corrected chi connectivity index (χ1v) is 7.66. The van der Waals surface area contributed by atoms with Gasteiger partial charge in [0.05, 0.1) is 11.7 Å². The van der Waals surface area contributed by atoms with Crippen LogP contribution in [0.25, 0.3) is 11.0 Å². The van der Waals surface area contributed by atoms with Crippen molar-refractivity contribution in [3.63, 3.8) is 0 Å². The van der Waals surface area contributed by atoms with E-state index in [1.165, 1.54) is 11.8 Å². The van der Waals surface area contributed by atoms with E-state index in [9.17, 15) is 9.90 Å². The number of amides is 1. The van der Waals surface area contributed by atoms with Crippen LogP contribution >= 0.6 is 0 Å². The lowest BCUT2D eigenvalue weighted by Crippen LogP contribution is -2.38. The molecule has 0 radical (unpaired) electrons. The minimum absolute atomic E-state index is 0.0802. The lowest BCUT2D eigenvalue weighted by molar-refractivity contribution is 0.0868. The lowest BCUT2D eigenvalue weighted by Gasteiger charge is -2.26. The fourth-order valence-corrected chi connectivity index (χ4v) is 2.96. The molecule has 0 saturated heterocycles. The monoisotopic (exact) mass is 287 g/mol. The average Bonchev–Trinajstić information content (AvgIpc) is 2.92.